The minimum Gasteiger partial charge on any atom is -0.508 e. The maximum Gasteiger partial charge on any atom is 0.344 e. The first-order valence-electron chi connectivity index (χ1n) is 42.8. The fourth-order valence-corrected chi connectivity index (χ4v) is 13.2. The van der Waals surface area contributed by atoms with Gasteiger partial charge in [0.1, 0.15) is 83.4 Å². The number of benzene rings is 4. The van der Waals surface area contributed by atoms with Gasteiger partial charge in [-0.05, 0) is 179 Å². The first kappa shape index (κ1) is 107. The fourth-order valence-electron chi connectivity index (χ4n) is 13.2. The van der Waals surface area contributed by atoms with Gasteiger partial charge in [-0.15, -0.1) is 0 Å². The lowest BCUT2D eigenvalue weighted by Gasteiger charge is -2.28. The van der Waals surface area contributed by atoms with Gasteiger partial charge in [0, 0.05) is 71.2 Å². The van der Waals surface area contributed by atoms with Crippen LogP contribution < -0.4 is 120 Å². The van der Waals surface area contributed by atoms with Crippen molar-refractivity contribution < 1.29 is 82.8 Å². The molecule has 0 aliphatic heterocycles. The molecular formula is C85H132N26O17. The van der Waals surface area contributed by atoms with Gasteiger partial charge in [-0.2, -0.15) is 4.99 Å². The summed E-state index contributed by atoms with van der Waals surface area (Å²) < 4.78 is 0. The molecule has 0 aliphatic rings. The summed E-state index contributed by atoms with van der Waals surface area (Å²) in [7, 11) is 0. The third-order valence-electron chi connectivity index (χ3n) is 20.0. The van der Waals surface area contributed by atoms with Crippen molar-refractivity contribution in [1.82, 2.24) is 79.8 Å². The van der Waals surface area contributed by atoms with E-state index in [4.69, 9.17) is 56.4 Å². The highest BCUT2D eigenvalue weighted by molar-refractivity contribution is 5.99. The number of amides is 14. The van der Waals surface area contributed by atoms with E-state index in [1.807, 2.05) is 0 Å². The largest absolute Gasteiger partial charge is 0.508 e. The molecule has 704 valence electrons. The molecule has 0 saturated heterocycles. The van der Waals surface area contributed by atoms with E-state index in [9.17, 15) is 82.8 Å². The predicted octanol–water partition coefficient (Wildman–Crippen LogP) is -2.05. The summed E-state index contributed by atoms with van der Waals surface area (Å²) in [5, 5.41) is 103. The van der Waals surface area contributed by atoms with Crippen LogP contribution in [0.4, 0.5) is 4.79 Å². The number of nitrogens with two attached hydrogens (primary N) is 7. The van der Waals surface area contributed by atoms with Gasteiger partial charge in [-0.1, -0.05) is 89.1 Å². The molecule has 43 heteroatoms. The van der Waals surface area contributed by atoms with E-state index >= 15 is 0 Å². The van der Waals surface area contributed by atoms with Crippen LogP contribution in [0.1, 0.15) is 166 Å². The molecule has 4 aromatic carbocycles. The average Bonchev–Trinajstić information content (AvgIpc) is 0.856. The minimum absolute atomic E-state index is 0.00855. The topological polar surface area (TPSA) is 749 Å². The molecule has 128 heavy (non-hydrogen) atoms. The highest BCUT2D eigenvalue weighted by Crippen LogP contribution is 2.20. The van der Waals surface area contributed by atoms with Gasteiger partial charge < -0.3 is 140 Å². The number of unbranched alkanes of at least 4 members (excludes halogenated alkanes) is 4. The number of guanidine groups is 4. The molecule has 36 N–H and O–H groups in total. The predicted molar refractivity (Wildman–Crippen MR) is 480 cm³/mol. The standard InChI is InChI=1S/C85H132N26O17/c1-49(2)43-65(77(124)103-59(15-11-39-96-81(89)90)73(120)107-63(71(87)118)45-51-21-29-55(112)30-22-51)109-75(122)61(17-13-41-98-83(93)94)105-79(126)67(47-53-25-33-57(114)34-26-53)101-69(116)19-7-5-6-8-20-70(117)102-68(48-54-27-35-58(115)36-28-54)80(127)106-62(18-14-42-99-84(95)111-85(128)100-38-10-9-37-86)76(123)110-66(44-50(3)4)78(125)104-60(16-12-40-97-82(91)92)74(121)108-64(72(88)119)46-52-23-31-56(113)32-24-52/h21-36,49-50,59-68,112-115H,5-20,37-48,86H2,1-4H3,(H2,87,118)(H2,88,119)(H,101,116)(H,102,117)(H,103,124)(H,104,125)(H,105,126)(H,106,127)(H,107,120)(H,108,121)(H,109,122)(H,110,123)(H4,89,90,96)(H4,91,92,97)(H4,93,94,98)(H4,95,99,100,111,128)/t59-,60-,61-,62-,63-,64-,65-,66-,67-,68-/m0/s1. The Bertz CT molecular complexity index is 4310. The second-order valence-corrected chi connectivity index (χ2v) is 31.9. The number of carbonyl (C=O) groups is 13. The van der Waals surface area contributed by atoms with Crippen molar-refractivity contribution in [2.45, 2.75) is 229 Å². The summed E-state index contributed by atoms with van der Waals surface area (Å²) in [6.45, 7) is 8.06. The van der Waals surface area contributed by atoms with Crippen LogP contribution >= 0.6 is 0 Å². The third kappa shape index (κ3) is 44.2. The molecule has 43 nitrogen and oxygen atoms in total. The summed E-state index contributed by atoms with van der Waals surface area (Å²) in [5.74, 6) is -11.9. The monoisotopic (exact) mass is 1790 g/mol. The fraction of sp³-hybridized carbons (Fsp3) is 0.518. The number of rotatable bonds is 59. The lowest BCUT2D eigenvalue weighted by molar-refractivity contribution is -0.135. The van der Waals surface area contributed by atoms with Crippen LogP contribution in [0.5, 0.6) is 23.0 Å². The molecule has 0 unspecified atom stereocenters. The second kappa shape index (κ2) is 57.7. The Morgan fingerprint density at radius 3 is 0.828 bits per heavy atom. The zero-order valence-corrected chi connectivity index (χ0v) is 73.0. The Morgan fingerprint density at radius 2 is 0.555 bits per heavy atom. The lowest BCUT2D eigenvalue weighted by atomic mass is 10.00. The van der Waals surface area contributed by atoms with E-state index in [1.165, 1.54) is 97.1 Å². The molecule has 0 heterocycles. The van der Waals surface area contributed by atoms with E-state index in [2.05, 4.69) is 84.7 Å². The van der Waals surface area contributed by atoms with Crippen molar-refractivity contribution in [3.63, 3.8) is 0 Å². The SMILES string of the molecule is CC(C)C[C@H](NC(=O)[C@H](CCCNC(=N)N)NC(=O)[C@H](Cc1ccc(O)cc1)NC(=O)CCCCCCC(=O)N[C@@H](Cc1ccc(O)cc1)C(=O)N[C@@H](CCCNC(N)=NC(=O)NCCCCN)C(=O)N[C@@H](CC(C)C)C(=O)N[C@@H](CCCNC(=N)N)C(=O)N[C@@H](Cc1ccc(O)cc1)C(N)=O)C(=O)N[C@@H](CCCNC(=N)N)C(=O)N[C@@H](Cc1ccc(O)cc1)C(N)=O. The van der Waals surface area contributed by atoms with Gasteiger partial charge in [0.15, 0.2) is 23.8 Å². The number of phenols is 4. The maximum atomic E-state index is 14.9. The normalized spacial score (nSPS) is 13.5. The minimum atomic E-state index is -1.47. The Balaban J connectivity index is 1.56. The summed E-state index contributed by atoms with van der Waals surface area (Å²) >= 11 is 0. The number of urea groups is 1. The molecule has 14 amide bonds. The Morgan fingerprint density at radius 1 is 0.305 bits per heavy atom. The van der Waals surface area contributed by atoms with Crippen molar-refractivity contribution in [3.8, 4) is 23.0 Å². The summed E-state index contributed by atoms with van der Waals surface area (Å²) in [4.78, 5) is 186. The second-order valence-electron chi connectivity index (χ2n) is 31.9. The van der Waals surface area contributed by atoms with Crippen molar-refractivity contribution in [3.05, 3.63) is 119 Å². The van der Waals surface area contributed by atoms with Crippen molar-refractivity contribution >= 4 is 101 Å². The van der Waals surface area contributed by atoms with Crippen LogP contribution in [0.2, 0.25) is 0 Å². The summed E-state index contributed by atoms with van der Waals surface area (Å²) in [5.41, 5.74) is 41.7. The first-order valence-corrected chi connectivity index (χ1v) is 42.8. The van der Waals surface area contributed by atoms with Gasteiger partial charge in [-0.3, -0.25) is 73.8 Å². The summed E-state index contributed by atoms with van der Waals surface area (Å²) in [6.07, 6.45) is 1.82. The number of aromatic hydroxyl groups is 4. The number of hydrogen-bond acceptors (Lipinski definition) is 21. The number of aliphatic imine (C=N–C) groups is 1. The van der Waals surface area contributed by atoms with Crippen LogP contribution in [-0.2, 0) is 83.2 Å². The molecule has 4 rings (SSSR count). The highest BCUT2D eigenvalue weighted by Gasteiger charge is 2.36. The van der Waals surface area contributed by atoms with Crippen LogP contribution in [0, 0.1) is 28.1 Å². The van der Waals surface area contributed by atoms with Crippen LogP contribution in [0.15, 0.2) is 102 Å². The zero-order chi connectivity index (χ0) is 94.8. The highest BCUT2D eigenvalue weighted by atomic mass is 16.3. The van der Waals surface area contributed by atoms with Gasteiger partial charge in [0.05, 0.1) is 0 Å². The summed E-state index contributed by atoms with van der Waals surface area (Å²) in [6, 6.07) is 8.96. The number of hydrogen-bond donors (Lipinski definition) is 29. The molecule has 0 spiro atoms. The van der Waals surface area contributed by atoms with E-state index in [0.717, 1.165) is 0 Å². The maximum absolute atomic E-state index is 14.9. The van der Waals surface area contributed by atoms with E-state index in [1.54, 1.807) is 27.7 Å². The quantitative estimate of drug-likeness (QED) is 0.0129. The Hall–Kier alpha value is -13.8. The van der Waals surface area contributed by atoms with Gasteiger partial charge >= 0.3 is 6.03 Å². The van der Waals surface area contributed by atoms with E-state index in [0.29, 0.717) is 54.5 Å². The Kier molecular flexibility index (Phi) is 48.0. The molecule has 0 aliphatic carbocycles. The van der Waals surface area contributed by atoms with Crippen molar-refractivity contribution in [2.24, 2.45) is 57.0 Å². The molecule has 10 atom stereocenters. The molecule has 0 fully saturated rings. The molecule has 0 radical (unpaired) electrons. The van der Waals surface area contributed by atoms with E-state index < -0.39 is 137 Å². The number of phenolic OH excluding ortho intramolecular Hbond substituents is 4. The number of primary amides is 2. The average molecular weight is 1790 g/mol. The number of nitrogens with one attached hydrogen (secondary N) is 18. The van der Waals surface area contributed by atoms with Gasteiger partial charge in [-0.25, -0.2) is 4.79 Å². The van der Waals surface area contributed by atoms with Gasteiger partial charge in [0.2, 0.25) is 70.9 Å². The lowest BCUT2D eigenvalue weighted by Crippen LogP contribution is -2.59. The van der Waals surface area contributed by atoms with Crippen molar-refractivity contribution in [1.29, 1.82) is 16.2 Å². The van der Waals surface area contributed by atoms with Gasteiger partial charge in [0.25, 0.3) is 0 Å². The number of nitrogens with zero attached hydrogens (tertiary/aromatic N) is 1. The molecule has 4 aromatic rings. The molecule has 0 bridgehead atoms. The zero-order valence-electron chi connectivity index (χ0n) is 73.0. The first-order chi connectivity index (χ1) is 60.8. The number of carbonyl (C=O) groups excluding carboxylic acids is 13. The Labute approximate surface area is 744 Å². The molecule has 0 saturated carbocycles. The van der Waals surface area contributed by atoms with Crippen LogP contribution in [-0.4, -0.2) is 221 Å². The van der Waals surface area contributed by atoms with Crippen LogP contribution in [0.25, 0.3) is 0 Å². The van der Waals surface area contributed by atoms with Crippen LogP contribution in [0.3, 0.4) is 0 Å². The molecule has 0 aromatic heterocycles. The van der Waals surface area contributed by atoms with E-state index in [-0.39, 0.29) is 207 Å². The molecular weight excluding hydrogens is 1660 g/mol. The van der Waals surface area contributed by atoms with Crippen molar-refractivity contribution in [2.75, 3.05) is 39.3 Å². The third-order valence-corrected chi connectivity index (χ3v) is 20.0. The smallest absolute Gasteiger partial charge is 0.344 e.